The molecule has 0 unspecified atom stereocenters. The molecule has 1 aliphatic rings. The highest BCUT2D eigenvalue weighted by Crippen LogP contribution is 2.13. The number of amides is 1. The topological polar surface area (TPSA) is 113 Å². The van der Waals surface area contributed by atoms with E-state index in [2.05, 4.69) is 15.2 Å². The summed E-state index contributed by atoms with van der Waals surface area (Å²) in [5.41, 5.74) is 2.50. The van der Waals surface area contributed by atoms with Crippen molar-refractivity contribution in [2.45, 2.75) is 31.6 Å². The molecule has 0 bridgehead atoms. The quantitative estimate of drug-likeness (QED) is 0.551. The highest BCUT2D eigenvalue weighted by atomic mass is 32.2. The van der Waals surface area contributed by atoms with Crippen LogP contribution in [0.3, 0.4) is 0 Å². The molecule has 1 fully saturated rings. The number of carbonyl (C=O) groups is 1. The molecule has 162 valence electrons. The number of hydrogen-bond acceptors (Lipinski definition) is 7. The standard InChI is InChI=1S/C21H27N3O5S/c25-20(12-23-21(26)16-30(27,28)15-18-6-10-29-14-18)4-3-19-11-17(5-7-22-19)13-24-8-1-2-9-24/h4-7,10-11,14,25H,1-3,8-9,12-13,15-16H2,(H,23,26). The lowest BCUT2D eigenvalue weighted by molar-refractivity contribution is -0.118. The molecule has 2 aromatic rings. The molecule has 3 rings (SSSR count). The number of aliphatic hydroxyl groups excluding tert-OH is 1. The zero-order chi connectivity index (χ0) is 21.4. The number of pyridine rings is 1. The fourth-order valence-electron chi connectivity index (χ4n) is 3.35. The average Bonchev–Trinajstić information content (AvgIpc) is 3.38. The van der Waals surface area contributed by atoms with Crippen LogP contribution in [0, 0.1) is 0 Å². The lowest BCUT2D eigenvalue weighted by Gasteiger charge is -2.14. The van der Waals surface area contributed by atoms with Crippen molar-refractivity contribution in [1.82, 2.24) is 15.2 Å². The molecule has 3 heterocycles. The number of aromatic nitrogens is 1. The van der Waals surface area contributed by atoms with E-state index in [1.807, 2.05) is 12.1 Å². The molecule has 0 spiro atoms. The molecule has 2 aromatic heterocycles. The molecule has 0 aliphatic carbocycles. The molecular formula is C21H27N3O5S. The van der Waals surface area contributed by atoms with Crippen molar-refractivity contribution < 1.29 is 22.7 Å². The Morgan fingerprint density at radius 3 is 2.80 bits per heavy atom. The predicted molar refractivity (Wildman–Crippen MR) is 112 cm³/mol. The van der Waals surface area contributed by atoms with Gasteiger partial charge in [-0.25, -0.2) is 8.42 Å². The van der Waals surface area contributed by atoms with Crippen molar-refractivity contribution in [3.63, 3.8) is 0 Å². The molecule has 1 aliphatic heterocycles. The zero-order valence-electron chi connectivity index (χ0n) is 16.8. The van der Waals surface area contributed by atoms with Gasteiger partial charge in [0.25, 0.3) is 0 Å². The van der Waals surface area contributed by atoms with Crippen LogP contribution in [0.25, 0.3) is 0 Å². The minimum Gasteiger partial charge on any atom is -0.511 e. The van der Waals surface area contributed by atoms with Gasteiger partial charge in [0.15, 0.2) is 9.84 Å². The van der Waals surface area contributed by atoms with Crippen molar-refractivity contribution in [3.8, 4) is 0 Å². The summed E-state index contributed by atoms with van der Waals surface area (Å²) in [5, 5.41) is 12.4. The first-order valence-corrected chi connectivity index (χ1v) is 11.7. The van der Waals surface area contributed by atoms with Gasteiger partial charge in [0, 0.05) is 30.4 Å². The minimum absolute atomic E-state index is 0.0395. The van der Waals surface area contributed by atoms with Gasteiger partial charge in [0.1, 0.15) is 11.5 Å². The van der Waals surface area contributed by atoms with Gasteiger partial charge in [-0.1, -0.05) is 0 Å². The summed E-state index contributed by atoms with van der Waals surface area (Å²) in [7, 11) is -3.61. The van der Waals surface area contributed by atoms with E-state index in [1.54, 1.807) is 12.3 Å². The fraction of sp³-hybridized carbons (Fsp3) is 0.429. The van der Waals surface area contributed by atoms with Crippen LogP contribution in [-0.4, -0.2) is 54.7 Å². The Bertz CT molecular complexity index is 964. The Morgan fingerprint density at radius 1 is 1.27 bits per heavy atom. The van der Waals surface area contributed by atoms with Crippen LogP contribution < -0.4 is 5.32 Å². The number of carbonyl (C=O) groups excluding carboxylic acids is 1. The third-order valence-electron chi connectivity index (χ3n) is 4.82. The number of nitrogens with one attached hydrogen (secondary N) is 1. The Labute approximate surface area is 176 Å². The Kier molecular flexibility index (Phi) is 7.64. The fourth-order valence-corrected chi connectivity index (χ4v) is 4.63. The monoisotopic (exact) mass is 433 g/mol. The average molecular weight is 434 g/mol. The molecule has 9 heteroatoms. The Morgan fingerprint density at radius 2 is 2.07 bits per heavy atom. The molecule has 0 aromatic carbocycles. The number of nitrogens with zero attached hydrogens (tertiary/aromatic N) is 2. The number of hydrogen-bond donors (Lipinski definition) is 2. The summed E-state index contributed by atoms with van der Waals surface area (Å²) in [6.45, 7) is 3.01. The number of sulfone groups is 1. The third-order valence-corrected chi connectivity index (χ3v) is 6.29. The normalized spacial score (nSPS) is 15.4. The van der Waals surface area contributed by atoms with Crippen LogP contribution in [0.5, 0.6) is 0 Å². The highest BCUT2D eigenvalue weighted by Gasteiger charge is 2.18. The molecule has 0 atom stereocenters. The van der Waals surface area contributed by atoms with Gasteiger partial charge < -0.3 is 14.8 Å². The van der Waals surface area contributed by atoms with Crippen LogP contribution >= 0.6 is 0 Å². The van der Waals surface area contributed by atoms with Crippen LogP contribution in [0.1, 0.15) is 29.7 Å². The van der Waals surface area contributed by atoms with Crippen molar-refractivity contribution >= 4 is 15.7 Å². The van der Waals surface area contributed by atoms with Crippen molar-refractivity contribution in [3.05, 3.63) is 65.6 Å². The van der Waals surface area contributed by atoms with Gasteiger partial charge in [-0.05, 0) is 55.8 Å². The van der Waals surface area contributed by atoms with E-state index >= 15 is 0 Å². The van der Waals surface area contributed by atoms with Crippen LogP contribution in [0.2, 0.25) is 0 Å². The maximum Gasteiger partial charge on any atom is 0.235 e. The second kappa shape index (κ2) is 10.4. The molecule has 0 saturated carbocycles. The van der Waals surface area contributed by atoms with Crippen LogP contribution in [0.15, 0.2) is 53.2 Å². The summed E-state index contributed by atoms with van der Waals surface area (Å²) in [5.74, 6) is -1.62. The highest BCUT2D eigenvalue weighted by molar-refractivity contribution is 7.91. The molecule has 0 radical (unpaired) electrons. The SMILES string of the molecule is O=C(CS(=O)(=O)Cc1ccoc1)NCC(O)=CCc1cc(CN2CCCC2)ccn1. The Balaban J connectivity index is 1.44. The van der Waals surface area contributed by atoms with Gasteiger partial charge in [-0.15, -0.1) is 0 Å². The van der Waals surface area contributed by atoms with Gasteiger partial charge in [-0.2, -0.15) is 0 Å². The summed E-state index contributed by atoms with van der Waals surface area (Å²) >= 11 is 0. The second-order valence-corrected chi connectivity index (χ2v) is 9.54. The summed E-state index contributed by atoms with van der Waals surface area (Å²) in [4.78, 5) is 18.6. The van der Waals surface area contributed by atoms with Crippen molar-refractivity contribution in [2.75, 3.05) is 25.4 Å². The molecule has 2 N–H and O–H groups in total. The number of allylic oxidation sites excluding steroid dienone is 1. The van der Waals surface area contributed by atoms with Crippen LogP contribution in [-0.2, 0) is 33.4 Å². The van der Waals surface area contributed by atoms with E-state index in [0.717, 1.165) is 25.3 Å². The van der Waals surface area contributed by atoms with Crippen molar-refractivity contribution in [1.29, 1.82) is 0 Å². The number of aliphatic hydroxyl groups is 1. The first kappa shape index (κ1) is 22.0. The van der Waals surface area contributed by atoms with Gasteiger partial charge in [-0.3, -0.25) is 14.7 Å². The number of furan rings is 1. The van der Waals surface area contributed by atoms with Crippen LogP contribution in [0.4, 0.5) is 0 Å². The van der Waals surface area contributed by atoms with Gasteiger partial charge in [0.05, 0.1) is 24.8 Å². The summed E-state index contributed by atoms with van der Waals surface area (Å²) in [6, 6.07) is 5.55. The maximum atomic E-state index is 12.0. The first-order valence-electron chi connectivity index (χ1n) is 9.92. The second-order valence-electron chi connectivity index (χ2n) is 7.48. The zero-order valence-corrected chi connectivity index (χ0v) is 17.6. The van der Waals surface area contributed by atoms with E-state index in [1.165, 1.54) is 37.0 Å². The van der Waals surface area contributed by atoms with E-state index in [9.17, 15) is 18.3 Å². The maximum absolute atomic E-state index is 12.0. The summed E-state index contributed by atoms with van der Waals surface area (Å²) < 4.78 is 28.9. The lowest BCUT2D eigenvalue weighted by atomic mass is 10.1. The Hall–Kier alpha value is -2.65. The predicted octanol–water partition coefficient (Wildman–Crippen LogP) is 1.99. The molecule has 8 nitrogen and oxygen atoms in total. The van der Waals surface area contributed by atoms with Crippen molar-refractivity contribution in [2.24, 2.45) is 0 Å². The first-order chi connectivity index (χ1) is 14.4. The smallest absolute Gasteiger partial charge is 0.235 e. The summed E-state index contributed by atoms with van der Waals surface area (Å²) in [6.07, 6.45) is 8.95. The van der Waals surface area contributed by atoms with E-state index in [-0.39, 0.29) is 18.1 Å². The molecule has 30 heavy (non-hydrogen) atoms. The minimum atomic E-state index is -3.61. The largest absolute Gasteiger partial charge is 0.511 e. The third kappa shape index (κ3) is 7.31. The molecule has 1 amide bonds. The van der Waals surface area contributed by atoms with Gasteiger partial charge in [0.2, 0.25) is 5.91 Å². The number of rotatable bonds is 10. The van der Waals surface area contributed by atoms with E-state index in [0.29, 0.717) is 12.0 Å². The van der Waals surface area contributed by atoms with E-state index < -0.39 is 21.5 Å². The van der Waals surface area contributed by atoms with Gasteiger partial charge >= 0.3 is 0 Å². The lowest BCUT2D eigenvalue weighted by Crippen LogP contribution is -2.32. The number of likely N-dealkylation sites (tertiary alicyclic amines) is 1. The molecule has 1 saturated heterocycles. The molecular weight excluding hydrogens is 406 g/mol. The van der Waals surface area contributed by atoms with E-state index in [4.69, 9.17) is 4.42 Å².